The van der Waals surface area contributed by atoms with Gasteiger partial charge in [0.1, 0.15) is 12.0 Å². The summed E-state index contributed by atoms with van der Waals surface area (Å²) in [7, 11) is 2.83. The summed E-state index contributed by atoms with van der Waals surface area (Å²) in [5, 5.41) is 22.9. The van der Waals surface area contributed by atoms with Crippen LogP contribution in [0.25, 0.3) is 0 Å². The number of hydrogen-bond donors (Lipinski definition) is 5. The van der Waals surface area contributed by atoms with E-state index in [2.05, 4.69) is 82.7 Å². The molecule has 3 aliphatic heterocycles. The molecule has 9 heteroatoms. The van der Waals surface area contributed by atoms with Gasteiger partial charge in [-0.15, -0.1) is 0 Å². The van der Waals surface area contributed by atoms with Crippen LogP contribution in [-0.2, 0) is 0 Å². The lowest BCUT2D eigenvalue weighted by Crippen LogP contribution is -2.52. The molecule has 3 atom stereocenters. The van der Waals surface area contributed by atoms with Gasteiger partial charge in [-0.05, 0) is 81.6 Å². The molecule has 1 saturated carbocycles. The summed E-state index contributed by atoms with van der Waals surface area (Å²) in [6.45, 7) is 14.3. The number of aryl methyl sites for hydroxylation is 1. The van der Waals surface area contributed by atoms with Crippen molar-refractivity contribution in [3.8, 4) is 0 Å². The molecule has 1 aromatic rings. The van der Waals surface area contributed by atoms with Gasteiger partial charge in [-0.3, -0.25) is 4.90 Å². The van der Waals surface area contributed by atoms with Crippen molar-refractivity contribution in [2.24, 2.45) is 5.73 Å². The first-order chi connectivity index (χ1) is 19.3. The molecule has 0 radical (unpaired) electrons. The van der Waals surface area contributed by atoms with E-state index in [1.807, 2.05) is 0 Å². The summed E-state index contributed by atoms with van der Waals surface area (Å²) in [5.74, 6) is 1.07. The van der Waals surface area contributed by atoms with Gasteiger partial charge in [0.05, 0.1) is 11.3 Å². The van der Waals surface area contributed by atoms with Crippen LogP contribution in [0.1, 0.15) is 57.9 Å². The van der Waals surface area contributed by atoms with Gasteiger partial charge in [0.15, 0.2) is 0 Å². The second-order valence-electron chi connectivity index (χ2n) is 12.3. The van der Waals surface area contributed by atoms with Crippen molar-refractivity contribution < 1.29 is 5.11 Å². The number of piperidine rings is 1. The van der Waals surface area contributed by atoms with Gasteiger partial charge in [-0.2, -0.15) is 0 Å². The Bertz CT molecular complexity index is 1070. The third kappa shape index (κ3) is 7.07. The number of likely N-dealkylation sites (N-methyl/N-ethyl adjacent to an activating group) is 1. The highest BCUT2D eigenvalue weighted by Crippen LogP contribution is 2.42. The zero-order chi connectivity index (χ0) is 28.3. The summed E-state index contributed by atoms with van der Waals surface area (Å²) >= 11 is 0. The average Bonchev–Trinajstić information content (AvgIpc) is 3.70. The number of benzene rings is 1. The van der Waals surface area contributed by atoms with Gasteiger partial charge in [-0.25, -0.2) is 0 Å². The Labute approximate surface area is 243 Å². The van der Waals surface area contributed by atoms with Crippen molar-refractivity contribution in [2.75, 3.05) is 63.1 Å². The van der Waals surface area contributed by atoms with Crippen molar-refractivity contribution in [2.45, 2.75) is 82.8 Å². The molecule has 5 rings (SSSR count). The Kier molecular flexibility index (Phi) is 9.51. The van der Waals surface area contributed by atoms with Crippen LogP contribution in [0.15, 0.2) is 41.1 Å². The number of nitrogens with two attached hydrogens (primary N) is 1. The lowest BCUT2D eigenvalue weighted by atomic mass is 10.0. The number of piperazine rings is 1. The van der Waals surface area contributed by atoms with E-state index in [0.29, 0.717) is 15.1 Å². The molecule has 40 heavy (non-hydrogen) atoms. The minimum Gasteiger partial charge on any atom is -0.402 e. The second kappa shape index (κ2) is 12.9. The third-order valence-electron chi connectivity index (χ3n) is 9.22. The quantitative estimate of drug-likeness (QED) is 0.274. The van der Waals surface area contributed by atoms with Gasteiger partial charge >= 0.3 is 0 Å². The van der Waals surface area contributed by atoms with E-state index in [0.717, 1.165) is 62.0 Å². The van der Waals surface area contributed by atoms with Crippen LogP contribution in [0.3, 0.4) is 0 Å². The van der Waals surface area contributed by atoms with Crippen LogP contribution < -0.4 is 26.6 Å². The smallest absolute Gasteiger partial charge is 0.110 e. The maximum Gasteiger partial charge on any atom is 0.110 e. The maximum atomic E-state index is 10.4. The normalized spacial score (nSPS) is 27.1. The molecule has 4 aliphatic rings. The molecule has 8 nitrogen and oxygen atoms in total. The Morgan fingerprint density at radius 2 is 1.88 bits per heavy atom. The molecule has 3 heterocycles. The number of aliphatic hydroxyl groups is 1. The summed E-state index contributed by atoms with van der Waals surface area (Å²) < 4.78 is 0. The fourth-order valence-electron chi connectivity index (χ4n) is 6.38. The number of rotatable bonds is 10. The van der Waals surface area contributed by atoms with E-state index < -0.39 is 5.60 Å². The van der Waals surface area contributed by atoms with Crippen LogP contribution in [0.5, 0.6) is 0 Å². The Morgan fingerprint density at radius 1 is 1.15 bits per heavy atom. The summed E-state index contributed by atoms with van der Waals surface area (Å²) in [6, 6.07) is 7.55. The summed E-state index contributed by atoms with van der Waals surface area (Å²) in [5.41, 5.74) is 11.0. The SMILES string of the molecule is CC/C=C(\N)C1PC(CC)=C(NCC2(O)CC2)NC1Nc1ccc(N2CCC(N3CCN(C)CC3)CC2)c(C)c1. The molecular formula is C31H52N7OP. The van der Waals surface area contributed by atoms with E-state index in [9.17, 15) is 5.11 Å². The number of hydrogen-bond acceptors (Lipinski definition) is 8. The highest BCUT2D eigenvalue weighted by Gasteiger charge is 2.41. The van der Waals surface area contributed by atoms with Gasteiger partial charge < -0.3 is 36.6 Å². The lowest BCUT2D eigenvalue weighted by molar-refractivity contribution is 0.0982. The van der Waals surface area contributed by atoms with E-state index in [1.165, 1.54) is 55.6 Å². The summed E-state index contributed by atoms with van der Waals surface area (Å²) in [4.78, 5) is 7.74. The van der Waals surface area contributed by atoms with Crippen LogP contribution in [0.4, 0.5) is 11.4 Å². The molecule has 0 aromatic heterocycles. The second-order valence-corrected chi connectivity index (χ2v) is 13.9. The highest BCUT2D eigenvalue weighted by molar-refractivity contribution is 7.44. The molecular weight excluding hydrogens is 517 g/mol. The number of nitrogens with zero attached hydrogens (tertiary/aromatic N) is 3. The van der Waals surface area contributed by atoms with Crippen LogP contribution in [0, 0.1) is 6.92 Å². The zero-order valence-corrected chi connectivity index (χ0v) is 26.1. The number of anilines is 2. The molecule has 3 unspecified atom stereocenters. The Balaban J connectivity index is 1.24. The van der Waals surface area contributed by atoms with Crippen LogP contribution in [-0.4, -0.2) is 91.2 Å². The molecule has 1 aliphatic carbocycles. The fourth-order valence-corrected chi connectivity index (χ4v) is 7.88. The van der Waals surface area contributed by atoms with Gasteiger partial charge in [-0.1, -0.05) is 28.5 Å². The molecule has 0 amide bonds. The van der Waals surface area contributed by atoms with Gasteiger partial charge in [0.2, 0.25) is 0 Å². The molecule has 2 saturated heterocycles. The highest BCUT2D eigenvalue weighted by atomic mass is 31.1. The van der Waals surface area contributed by atoms with Crippen molar-refractivity contribution in [1.29, 1.82) is 0 Å². The molecule has 6 N–H and O–H groups in total. The van der Waals surface area contributed by atoms with Crippen LogP contribution in [0.2, 0.25) is 0 Å². The minimum atomic E-state index is -0.538. The topological polar surface area (TPSA) is 92.1 Å². The van der Waals surface area contributed by atoms with Crippen LogP contribution >= 0.6 is 8.58 Å². The van der Waals surface area contributed by atoms with Gasteiger partial charge in [0.25, 0.3) is 0 Å². The van der Waals surface area contributed by atoms with E-state index >= 15 is 0 Å². The van der Waals surface area contributed by atoms with Gasteiger partial charge in [0, 0.05) is 68.9 Å². The Hall–Kier alpha value is -1.99. The number of nitrogens with one attached hydrogen (secondary N) is 3. The van der Waals surface area contributed by atoms with E-state index in [4.69, 9.17) is 5.73 Å². The number of allylic oxidation sites excluding steroid dienone is 2. The molecule has 3 fully saturated rings. The molecule has 0 bridgehead atoms. The average molecular weight is 570 g/mol. The van der Waals surface area contributed by atoms with Crippen molar-refractivity contribution in [1.82, 2.24) is 20.4 Å². The first-order valence-corrected chi connectivity index (χ1v) is 16.6. The Morgan fingerprint density at radius 3 is 2.50 bits per heavy atom. The van der Waals surface area contributed by atoms with Crippen molar-refractivity contribution >= 4 is 20.0 Å². The molecule has 0 spiro atoms. The lowest BCUT2D eigenvalue weighted by Gasteiger charge is -2.43. The van der Waals surface area contributed by atoms with E-state index in [-0.39, 0.29) is 11.8 Å². The van der Waals surface area contributed by atoms with Crippen molar-refractivity contribution in [3.63, 3.8) is 0 Å². The molecule has 222 valence electrons. The van der Waals surface area contributed by atoms with E-state index in [1.54, 1.807) is 0 Å². The first-order valence-electron chi connectivity index (χ1n) is 15.5. The zero-order valence-electron chi connectivity index (χ0n) is 25.1. The largest absolute Gasteiger partial charge is 0.402 e. The fraction of sp³-hybridized carbons (Fsp3) is 0.677. The predicted octanol–water partition coefficient (Wildman–Crippen LogP) is 3.55. The first kappa shape index (κ1) is 29.5. The van der Waals surface area contributed by atoms with Crippen molar-refractivity contribution in [3.05, 3.63) is 46.7 Å². The monoisotopic (exact) mass is 569 g/mol. The third-order valence-corrected chi connectivity index (χ3v) is 11.1. The summed E-state index contributed by atoms with van der Waals surface area (Å²) in [6.07, 6.45) is 8.30. The minimum absolute atomic E-state index is 0.0163. The molecule has 1 aromatic carbocycles. The predicted molar refractivity (Wildman–Crippen MR) is 170 cm³/mol. The standard InChI is InChI=1S/C31H52N7OP/c1-5-7-25(32)28-30(35-29(27(6-2)40-28)33-21-31(39)12-13-31)34-23-8-9-26(22(3)20-23)38-14-10-24(11-15-38)37-18-16-36(4)17-19-37/h7-9,20,24,28,30,33-35,39-40H,5-6,10-19,21,32H2,1-4H3/b25-7-. The maximum absolute atomic E-state index is 10.4.